The van der Waals surface area contributed by atoms with Gasteiger partial charge in [-0.1, -0.05) is 31.9 Å². The molecule has 0 spiro atoms. The molecular weight excluding hydrogens is 284 g/mol. The Bertz CT molecular complexity index is 470. The van der Waals surface area contributed by atoms with Gasteiger partial charge in [-0.2, -0.15) is 0 Å². The predicted molar refractivity (Wildman–Crippen MR) is 82.5 cm³/mol. The van der Waals surface area contributed by atoms with Gasteiger partial charge in [0.2, 0.25) is 0 Å². The van der Waals surface area contributed by atoms with Crippen LogP contribution in [0.4, 0.5) is 0 Å². The molecule has 0 amide bonds. The van der Waals surface area contributed by atoms with Crippen molar-refractivity contribution in [3.8, 4) is 5.75 Å². The quantitative estimate of drug-likeness (QED) is 0.490. The van der Waals surface area contributed by atoms with E-state index in [0.29, 0.717) is 12.4 Å². The Balaban J connectivity index is 2.18. The van der Waals surface area contributed by atoms with E-state index in [1.807, 2.05) is 18.2 Å². The van der Waals surface area contributed by atoms with Crippen LogP contribution in [0.1, 0.15) is 44.6 Å². The van der Waals surface area contributed by atoms with Gasteiger partial charge in [-0.3, -0.25) is 9.59 Å². The van der Waals surface area contributed by atoms with Gasteiger partial charge in [0, 0.05) is 0 Å². The second kappa shape index (κ2) is 10.7. The fourth-order valence-corrected chi connectivity index (χ4v) is 1.81. The first kappa shape index (κ1) is 18.0. The third-order valence-corrected chi connectivity index (χ3v) is 3.08. The minimum atomic E-state index is -0.409. The van der Waals surface area contributed by atoms with Gasteiger partial charge in [-0.15, -0.1) is 0 Å². The van der Waals surface area contributed by atoms with Gasteiger partial charge < -0.3 is 14.2 Å². The third kappa shape index (κ3) is 7.67. The third-order valence-electron chi connectivity index (χ3n) is 3.08. The Morgan fingerprint density at radius 1 is 1.05 bits per heavy atom. The van der Waals surface area contributed by atoms with Crippen molar-refractivity contribution in [1.82, 2.24) is 0 Å². The number of benzene rings is 1. The van der Waals surface area contributed by atoms with Gasteiger partial charge in [-0.25, -0.2) is 0 Å². The van der Waals surface area contributed by atoms with E-state index in [4.69, 9.17) is 14.2 Å². The predicted octanol–water partition coefficient (Wildman–Crippen LogP) is 3.25. The largest absolute Gasteiger partial charge is 0.497 e. The minimum Gasteiger partial charge on any atom is -0.497 e. The van der Waals surface area contributed by atoms with Crippen molar-refractivity contribution in [3.63, 3.8) is 0 Å². The first-order valence-corrected chi connectivity index (χ1v) is 7.60. The Kier molecular flexibility index (Phi) is 8.72. The number of unbranched alkanes of at least 4 members (excludes halogenated alkanes) is 2. The van der Waals surface area contributed by atoms with Crippen LogP contribution >= 0.6 is 0 Å². The highest BCUT2D eigenvalue weighted by atomic mass is 16.5. The highest BCUT2D eigenvalue weighted by Crippen LogP contribution is 2.13. The van der Waals surface area contributed by atoms with Crippen LogP contribution in [-0.2, 0) is 25.7 Å². The summed E-state index contributed by atoms with van der Waals surface area (Å²) in [7, 11) is 1.58. The Labute approximate surface area is 131 Å². The molecule has 0 aliphatic heterocycles. The molecule has 5 heteroatoms. The lowest BCUT2D eigenvalue weighted by Gasteiger charge is -2.07. The van der Waals surface area contributed by atoms with Crippen molar-refractivity contribution in [2.24, 2.45) is 0 Å². The Hall–Kier alpha value is -2.04. The summed E-state index contributed by atoms with van der Waals surface area (Å²) in [5.74, 6) is -0.0491. The number of hydrogen-bond donors (Lipinski definition) is 0. The van der Waals surface area contributed by atoms with E-state index in [1.165, 1.54) is 0 Å². The summed E-state index contributed by atoms with van der Waals surface area (Å²) in [4.78, 5) is 23.0. The number of esters is 2. The summed E-state index contributed by atoms with van der Waals surface area (Å²) in [5, 5.41) is 0. The van der Waals surface area contributed by atoms with Crippen LogP contribution in [0.15, 0.2) is 24.3 Å². The maximum absolute atomic E-state index is 11.6. The van der Waals surface area contributed by atoms with E-state index in [2.05, 4.69) is 6.92 Å². The molecule has 0 radical (unpaired) electrons. The molecule has 0 saturated heterocycles. The summed E-state index contributed by atoms with van der Waals surface area (Å²) < 4.78 is 15.2. The van der Waals surface area contributed by atoms with Crippen LogP contribution in [-0.4, -0.2) is 25.7 Å². The van der Waals surface area contributed by atoms with E-state index in [1.54, 1.807) is 13.2 Å². The van der Waals surface area contributed by atoms with E-state index < -0.39 is 5.97 Å². The normalized spacial score (nSPS) is 10.1. The molecule has 122 valence electrons. The molecule has 0 unspecified atom stereocenters. The molecule has 0 aliphatic carbocycles. The van der Waals surface area contributed by atoms with Crippen molar-refractivity contribution in [3.05, 3.63) is 29.8 Å². The van der Waals surface area contributed by atoms with Crippen molar-refractivity contribution in [2.45, 2.75) is 45.6 Å². The number of ether oxygens (including phenoxy) is 3. The van der Waals surface area contributed by atoms with Crippen molar-refractivity contribution < 1.29 is 23.8 Å². The molecule has 0 aliphatic rings. The van der Waals surface area contributed by atoms with Crippen LogP contribution in [0.25, 0.3) is 0 Å². The maximum atomic E-state index is 11.6. The van der Waals surface area contributed by atoms with Crippen molar-refractivity contribution >= 4 is 11.9 Å². The molecule has 1 aromatic rings. The van der Waals surface area contributed by atoms with Gasteiger partial charge in [0.1, 0.15) is 12.4 Å². The van der Waals surface area contributed by atoms with Gasteiger partial charge in [0.15, 0.2) is 0 Å². The summed E-state index contributed by atoms with van der Waals surface area (Å²) in [6.07, 6.45) is 3.08. The fourth-order valence-electron chi connectivity index (χ4n) is 1.81. The molecule has 5 nitrogen and oxygen atoms in total. The molecule has 22 heavy (non-hydrogen) atoms. The number of carbonyl (C=O) groups excluding carboxylic acids is 2. The molecule has 0 saturated carbocycles. The molecule has 0 bridgehead atoms. The zero-order chi connectivity index (χ0) is 16.2. The molecule has 1 rings (SSSR count). The maximum Gasteiger partial charge on any atom is 0.306 e. The summed E-state index contributed by atoms with van der Waals surface area (Å²) in [5.41, 5.74) is 0.842. The zero-order valence-corrected chi connectivity index (χ0v) is 13.3. The molecular formula is C17H24O5. The van der Waals surface area contributed by atoms with Gasteiger partial charge >= 0.3 is 11.9 Å². The van der Waals surface area contributed by atoms with E-state index in [-0.39, 0.29) is 25.4 Å². The second-order valence-electron chi connectivity index (χ2n) is 4.94. The average Bonchev–Trinajstić information content (AvgIpc) is 2.55. The monoisotopic (exact) mass is 308 g/mol. The number of carbonyl (C=O) groups is 2. The number of rotatable bonds is 10. The van der Waals surface area contributed by atoms with Gasteiger partial charge in [-0.05, 0) is 24.1 Å². The SMILES string of the molecule is CCCCCOC(=O)CCC(=O)OCc1cccc(OC)c1. The lowest BCUT2D eigenvalue weighted by molar-refractivity contribution is -0.151. The summed E-state index contributed by atoms with van der Waals surface area (Å²) in [6, 6.07) is 7.29. The Morgan fingerprint density at radius 3 is 2.45 bits per heavy atom. The second-order valence-corrected chi connectivity index (χ2v) is 4.94. The van der Waals surface area contributed by atoms with Crippen LogP contribution in [0.2, 0.25) is 0 Å². The molecule has 0 aromatic heterocycles. The van der Waals surface area contributed by atoms with Gasteiger partial charge in [0.05, 0.1) is 26.6 Å². The molecule has 0 N–H and O–H groups in total. The average molecular weight is 308 g/mol. The standard InChI is InChI=1S/C17H24O5/c1-3-4-5-11-21-16(18)9-10-17(19)22-13-14-7-6-8-15(12-14)20-2/h6-8,12H,3-5,9-11,13H2,1-2H3. The first-order valence-electron chi connectivity index (χ1n) is 7.60. The van der Waals surface area contributed by atoms with E-state index in [9.17, 15) is 9.59 Å². The number of methoxy groups -OCH3 is 1. The molecule has 0 fully saturated rings. The highest BCUT2D eigenvalue weighted by Gasteiger charge is 2.09. The van der Waals surface area contributed by atoms with Crippen LogP contribution in [0.5, 0.6) is 5.75 Å². The van der Waals surface area contributed by atoms with Crippen LogP contribution in [0.3, 0.4) is 0 Å². The molecule has 0 heterocycles. The van der Waals surface area contributed by atoms with Crippen LogP contribution < -0.4 is 4.74 Å². The van der Waals surface area contributed by atoms with E-state index >= 15 is 0 Å². The zero-order valence-electron chi connectivity index (χ0n) is 13.3. The van der Waals surface area contributed by atoms with E-state index in [0.717, 1.165) is 24.8 Å². The lowest BCUT2D eigenvalue weighted by Crippen LogP contribution is -2.11. The lowest BCUT2D eigenvalue weighted by atomic mass is 10.2. The molecule has 0 atom stereocenters. The first-order chi connectivity index (χ1) is 10.7. The fraction of sp³-hybridized carbons (Fsp3) is 0.529. The molecule has 1 aromatic carbocycles. The van der Waals surface area contributed by atoms with Crippen molar-refractivity contribution in [1.29, 1.82) is 0 Å². The smallest absolute Gasteiger partial charge is 0.306 e. The number of hydrogen-bond acceptors (Lipinski definition) is 5. The minimum absolute atomic E-state index is 0.0383. The topological polar surface area (TPSA) is 61.8 Å². The van der Waals surface area contributed by atoms with Crippen molar-refractivity contribution in [2.75, 3.05) is 13.7 Å². The van der Waals surface area contributed by atoms with Crippen LogP contribution in [0, 0.1) is 0 Å². The summed E-state index contributed by atoms with van der Waals surface area (Å²) in [6.45, 7) is 2.67. The Morgan fingerprint density at radius 2 is 1.77 bits per heavy atom. The van der Waals surface area contributed by atoms with Gasteiger partial charge in [0.25, 0.3) is 0 Å². The summed E-state index contributed by atoms with van der Waals surface area (Å²) >= 11 is 0. The highest BCUT2D eigenvalue weighted by molar-refractivity contribution is 5.77.